The number of nitrogens with one attached hydrogen (secondary N) is 1. The first-order chi connectivity index (χ1) is 7.43. The van der Waals surface area contributed by atoms with Gasteiger partial charge in [-0.25, -0.2) is 0 Å². The normalized spacial score (nSPS) is 10.7. The predicted octanol–water partition coefficient (Wildman–Crippen LogP) is 4.24. The molecule has 0 fully saturated rings. The fraction of sp³-hybridized carbons (Fsp3) is 0.429. The Morgan fingerprint density at radius 3 is 2.60 bits per heavy atom. The Morgan fingerprint density at radius 2 is 1.87 bits per heavy atom. The van der Waals surface area contributed by atoms with Crippen molar-refractivity contribution >= 4 is 5.69 Å². The van der Waals surface area contributed by atoms with Crippen LogP contribution in [0.2, 0.25) is 0 Å². The van der Waals surface area contributed by atoms with E-state index in [1.807, 2.05) is 18.2 Å². The molecule has 0 saturated carbocycles. The van der Waals surface area contributed by atoms with Crippen molar-refractivity contribution in [1.29, 1.82) is 0 Å². The van der Waals surface area contributed by atoms with Crippen LogP contribution < -0.4 is 5.32 Å². The van der Waals surface area contributed by atoms with E-state index in [1.165, 1.54) is 31.4 Å². The maximum Gasteiger partial charge on any atom is 0.0342 e. The number of unbranched alkanes of at least 4 members (excludes halogenated alkanes) is 3. The summed E-state index contributed by atoms with van der Waals surface area (Å²) in [5.74, 6) is 0. The topological polar surface area (TPSA) is 12.0 Å². The molecule has 1 heteroatoms. The molecule has 1 aromatic carbocycles. The fourth-order valence-corrected chi connectivity index (χ4v) is 1.45. The van der Waals surface area contributed by atoms with Gasteiger partial charge in [0, 0.05) is 12.2 Å². The van der Waals surface area contributed by atoms with Gasteiger partial charge in [0.2, 0.25) is 0 Å². The molecular weight excluding hydrogens is 182 g/mol. The third kappa shape index (κ3) is 5.95. The zero-order valence-electron chi connectivity index (χ0n) is 9.58. The number of allylic oxidation sites excluding steroid dienone is 1. The van der Waals surface area contributed by atoms with Crippen LogP contribution in [0.1, 0.15) is 32.6 Å². The number of anilines is 1. The third-order valence-corrected chi connectivity index (χ3v) is 2.34. The summed E-state index contributed by atoms with van der Waals surface area (Å²) in [5, 5.41) is 3.35. The van der Waals surface area contributed by atoms with Crippen molar-refractivity contribution in [3.63, 3.8) is 0 Å². The lowest BCUT2D eigenvalue weighted by atomic mass is 10.2. The van der Waals surface area contributed by atoms with Crippen molar-refractivity contribution in [2.45, 2.75) is 32.6 Å². The van der Waals surface area contributed by atoms with Gasteiger partial charge in [-0.05, 0) is 25.0 Å². The van der Waals surface area contributed by atoms with Crippen LogP contribution in [0, 0.1) is 0 Å². The van der Waals surface area contributed by atoms with Gasteiger partial charge < -0.3 is 5.32 Å². The van der Waals surface area contributed by atoms with E-state index in [0.29, 0.717) is 0 Å². The molecule has 0 radical (unpaired) electrons. The maximum absolute atomic E-state index is 3.35. The minimum Gasteiger partial charge on any atom is -0.382 e. The van der Waals surface area contributed by atoms with Crippen LogP contribution >= 0.6 is 0 Å². The number of hydrogen-bond donors (Lipinski definition) is 1. The molecule has 0 aliphatic rings. The third-order valence-electron chi connectivity index (χ3n) is 2.34. The molecule has 0 amide bonds. The molecule has 0 aliphatic heterocycles. The van der Waals surface area contributed by atoms with Crippen LogP contribution in [-0.2, 0) is 0 Å². The molecule has 0 spiro atoms. The Morgan fingerprint density at radius 1 is 1.07 bits per heavy atom. The molecule has 0 heterocycles. The van der Waals surface area contributed by atoms with Gasteiger partial charge >= 0.3 is 0 Å². The van der Waals surface area contributed by atoms with E-state index in [2.05, 4.69) is 36.5 Å². The van der Waals surface area contributed by atoms with Crippen molar-refractivity contribution in [3.8, 4) is 0 Å². The van der Waals surface area contributed by atoms with E-state index in [4.69, 9.17) is 0 Å². The van der Waals surface area contributed by atoms with Crippen LogP contribution in [0.25, 0.3) is 0 Å². The average Bonchev–Trinajstić information content (AvgIpc) is 2.29. The Labute approximate surface area is 93.2 Å². The summed E-state index contributed by atoms with van der Waals surface area (Å²) in [6, 6.07) is 10.3. The predicted molar refractivity (Wildman–Crippen MR) is 68.2 cm³/mol. The van der Waals surface area contributed by atoms with Gasteiger partial charge in [0.15, 0.2) is 0 Å². The van der Waals surface area contributed by atoms with Gasteiger partial charge in [0.25, 0.3) is 0 Å². The largest absolute Gasteiger partial charge is 0.382 e. The molecule has 1 N–H and O–H groups in total. The fourth-order valence-electron chi connectivity index (χ4n) is 1.45. The zero-order chi connectivity index (χ0) is 10.8. The quantitative estimate of drug-likeness (QED) is 0.516. The van der Waals surface area contributed by atoms with E-state index in [9.17, 15) is 0 Å². The smallest absolute Gasteiger partial charge is 0.0342 e. The summed E-state index contributed by atoms with van der Waals surface area (Å²) in [5.41, 5.74) is 1.19. The van der Waals surface area contributed by atoms with Crippen LogP contribution in [0.4, 0.5) is 5.69 Å². The highest BCUT2D eigenvalue weighted by molar-refractivity contribution is 5.42. The van der Waals surface area contributed by atoms with Gasteiger partial charge in [-0.15, -0.1) is 0 Å². The Hall–Kier alpha value is -1.24. The van der Waals surface area contributed by atoms with E-state index in [0.717, 1.165) is 6.54 Å². The van der Waals surface area contributed by atoms with Crippen LogP contribution in [0.5, 0.6) is 0 Å². The molecule has 0 atom stereocenters. The van der Waals surface area contributed by atoms with Crippen molar-refractivity contribution in [2.75, 3.05) is 11.9 Å². The molecule has 0 bridgehead atoms. The van der Waals surface area contributed by atoms with Gasteiger partial charge in [-0.2, -0.15) is 0 Å². The molecule has 0 unspecified atom stereocenters. The van der Waals surface area contributed by atoms with Gasteiger partial charge in [-0.3, -0.25) is 0 Å². The average molecular weight is 203 g/mol. The lowest BCUT2D eigenvalue weighted by Gasteiger charge is -2.01. The Kier molecular flexibility index (Phi) is 6.39. The number of para-hydroxylation sites is 1. The van der Waals surface area contributed by atoms with Crippen molar-refractivity contribution in [1.82, 2.24) is 0 Å². The Bertz CT molecular complexity index is 264. The van der Waals surface area contributed by atoms with E-state index < -0.39 is 0 Å². The number of rotatable bonds is 7. The lowest BCUT2D eigenvalue weighted by Crippen LogP contribution is -1.97. The molecule has 1 rings (SSSR count). The first kappa shape index (κ1) is 11.8. The van der Waals surface area contributed by atoms with E-state index >= 15 is 0 Å². The highest BCUT2D eigenvalue weighted by atomic mass is 14.8. The van der Waals surface area contributed by atoms with Crippen molar-refractivity contribution in [2.24, 2.45) is 0 Å². The first-order valence-corrected chi connectivity index (χ1v) is 5.87. The summed E-state index contributed by atoms with van der Waals surface area (Å²) in [4.78, 5) is 0. The zero-order valence-corrected chi connectivity index (χ0v) is 9.58. The highest BCUT2D eigenvalue weighted by Gasteiger charge is 1.85. The summed E-state index contributed by atoms with van der Waals surface area (Å²) < 4.78 is 0. The Balaban J connectivity index is 2.06. The summed E-state index contributed by atoms with van der Waals surface area (Å²) >= 11 is 0. The number of benzene rings is 1. The molecule has 1 aromatic rings. The second-order valence-corrected chi connectivity index (χ2v) is 3.71. The van der Waals surface area contributed by atoms with E-state index in [-0.39, 0.29) is 0 Å². The molecule has 1 nitrogen and oxygen atoms in total. The molecule has 15 heavy (non-hydrogen) atoms. The van der Waals surface area contributed by atoms with Crippen molar-refractivity contribution in [3.05, 3.63) is 42.5 Å². The SMILES string of the molecule is CCCCCC=CCNc1ccccc1. The maximum atomic E-state index is 3.35. The lowest BCUT2D eigenvalue weighted by molar-refractivity contribution is 0.728. The highest BCUT2D eigenvalue weighted by Crippen LogP contribution is 2.04. The minimum absolute atomic E-state index is 0.927. The second kappa shape index (κ2) is 8.10. The molecule has 0 aromatic heterocycles. The second-order valence-electron chi connectivity index (χ2n) is 3.71. The standard InChI is InChI=1S/C14H21N/c1-2-3-4-5-6-10-13-15-14-11-8-7-9-12-14/h6-12,15H,2-5,13H2,1H3. The van der Waals surface area contributed by atoms with Gasteiger partial charge in [0.1, 0.15) is 0 Å². The summed E-state index contributed by atoms with van der Waals surface area (Å²) in [6.45, 7) is 3.16. The molecule has 0 aliphatic carbocycles. The van der Waals surface area contributed by atoms with Crippen LogP contribution in [-0.4, -0.2) is 6.54 Å². The molecule has 82 valence electrons. The van der Waals surface area contributed by atoms with Gasteiger partial charge in [-0.1, -0.05) is 50.1 Å². The summed E-state index contributed by atoms with van der Waals surface area (Å²) in [6.07, 6.45) is 9.66. The molecule has 0 saturated heterocycles. The molecular formula is C14H21N. The monoisotopic (exact) mass is 203 g/mol. The van der Waals surface area contributed by atoms with Gasteiger partial charge in [0.05, 0.1) is 0 Å². The first-order valence-electron chi connectivity index (χ1n) is 5.87. The van der Waals surface area contributed by atoms with E-state index in [1.54, 1.807) is 0 Å². The van der Waals surface area contributed by atoms with Crippen molar-refractivity contribution < 1.29 is 0 Å². The minimum atomic E-state index is 0.927. The number of hydrogen-bond acceptors (Lipinski definition) is 1. The van der Waals surface area contributed by atoms with Crippen LogP contribution in [0.15, 0.2) is 42.5 Å². The van der Waals surface area contributed by atoms with Crippen LogP contribution in [0.3, 0.4) is 0 Å². The summed E-state index contributed by atoms with van der Waals surface area (Å²) in [7, 11) is 0.